The largest absolute Gasteiger partial charge is 0.399 e. The normalized spacial score (nSPS) is 11.6. The number of rotatable bonds is 6. The van der Waals surface area contributed by atoms with E-state index in [2.05, 4.69) is 10.0 Å². The second-order valence-electron chi connectivity index (χ2n) is 4.56. The molecule has 1 aromatic rings. The highest BCUT2D eigenvalue weighted by Crippen LogP contribution is 2.17. The van der Waals surface area contributed by atoms with Gasteiger partial charge in [-0.15, -0.1) is 0 Å². The highest BCUT2D eigenvalue weighted by Gasteiger charge is 2.19. The number of benzene rings is 1. The molecular formula is C12H18FN3O3S. The van der Waals surface area contributed by atoms with Crippen molar-refractivity contribution in [3.8, 4) is 0 Å². The van der Waals surface area contributed by atoms with Crippen molar-refractivity contribution in [2.45, 2.75) is 31.2 Å². The quantitative estimate of drug-likeness (QED) is 0.670. The second-order valence-corrected chi connectivity index (χ2v) is 6.30. The zero-order valence-electron chi connectivity index (χ0n) is 11.3. The lowest BCUT2D eigenvalue weighted by molar-refractivity contribution is -0.121. The van der Waals surface area contributed by atoms with E-state index in [1.807, 2.05) is 0 Å². The Morgan fingerprint density at radius 3 is 2.65 bits per heavy atom. The number of carbonyl (C=O) groups excluding carboxylic acids is 1. The van der Waals surface area contributed by atoms with Crippen molar-refractivity contribution < 1.29 is 17.6 Å². The van der Waals surface area contributed by atoms with Gasteiger partial charge in [-0.25, -0.2) is 17.5 Å². The van der Waals surface area contributed by atoms with E-state index in [0.29, 0.717) is 0 Å². The van der Waals surface area contributed by atoms with Crippen LogP contribution in [0.2, 0.25) is 0 Å². The Morgan fingerprint density at radius 2 is 2.05 bits per heavy atom. The van der Waals surface area contributed by atoms with Crippen LogP contribution in [0.1, 0.15) is 20.3 Å². The number of anilines is 1. The summed E-state index contributed by atoms with van der Waals surface area (Å²) in [7, 11) is -4.02. The molecule has 0 unspecified atom stereocenters. The molecule has 0 saturated heterocycles. The molecule has 0 aromatic heterocycles. The summed E-state index contributed by atoms with van der Waals surface area (Å²) < 4.78 is 39.4. The van der Waals surface area contributed by atoms with Gasteiger partial charge in [-0.05, 0) is 32.0 Å². The minimum Gasteiger partial charge on any atom is -0.399 e. The van der Waals surface area contributed by atoms with E-state index in [-0.39, 0.29) is 30.6 Å². The Labute approximate surface area is 117 Å². The van der Waals surface area contributed by atoms with Crippen molar-refractivity contribution in [1.82, 2.24) is 10.0 Å². The SMILES string of the molecule is CC(C)NC(=O)CCNS(=O)(=O)c1cc(N)ccc1F. The lowest BCUT2D eigenvalue weighted by Gasteiger charge is -2.10. The van der Waals surface area contributed by atoms with Crippen molar-refractivity contribution in [1.29, 1.82) is 0 Å². The van der Waals surface area contributed by atoms with E-state index >= 15 is 0 Å². The molecule has 1 amide bonds. The first kappa shape index (κ1) is 16.4. The molecule has 1 rings (SSSR count). The Hall–Kier alpha value is -1.67. The smallest absolute Gasteiger partial charge is 0.243 e. The number of hydrogen-bond donors (Lipinski definition) is 3. The van der Waals surface area contributed by atoms with E-state index in [0.717, 1.165) is 12.1 Å². The molecule has 0 aliphatic heterocycles. The van der Waals surface area contributed by atoms with Crippen LogP contribution >= 0.6 is 0 Å². The third kappa shape index (κ3) is 4.78. The van der Waals surface area contributed by atoms with Crippen LogP contribution in [0.15, 0.2) is 23.1 Å². The van der Waals surface area contributed by atoms with Crippen LogP contribution in [0.3, 0.4) is 0 Å². The summed E-state index contributed by atoms with van der Waals surface area (Å²) in [6, 6.07) is 3.26. The standard InChI is InChI=1S/C12H18FN3O3S/c1-8(2)16-12(17)5-6-15-20(18,19)11-7-9(14)3-4-10(11)13/h3-4,7-8,15H,5-6,14H2,1-2H3,(H,16,17). The summed E-state index contributed by atoms with van der Waals surface area (Å²) in [5.41, 5.74) is 5.58. The molecule has 0 radical (unpaired) electrons. The van der Waals surface area contributed by atoms with Crippen molar-refractivity contribution in [3.05, 3.63) is 24.0 Å². The fourth-order valence-electron chi connectivity index (χ4n) is 1.50. The van der Waals surface area contributed by atoms with Gasteiger partial charge in [0.05, 0.1) is 0 Å². The third-order valence-electron chi connectivity index (χ3n) is 2.34. The molecule has 0 atom stereocenters. The fraction of sp³-hybridized carbons (Fsp3) is 0.417. The van der Waals surface area contributed by atoms with Gasteiger partial charge in [-0.2, -0.15) is 0 Å². The highest BCUT2D eigenvalue weighted by atomic mass is 32.2. The minimum atomic E-state index is -4.02. The first-order valence-corrected chi connectivity index (χ1v) is 7.55. The number of carbonyl (C=O) groups is 1. The maximum absolute atomic E-state index is 13.5. The summed E-state index contributed by atoms with van der Waals surface area (Å²) in [6.45, 7) is 3.48. The summed E-state index contributed by atoms with van der Waals surface area (Å²) in [5, 5.41) is 2.62. The van der Waals surface area contributed by atoms with E-state index in [4.69, 9.17) is 5.73 Å². The Morgan fingerprint density at radius 1 is 1.40 bits per heavy atom. The minimum absolute atomic E-state index is 0.0227. The zero-order chi connectivity index (χ0) is 15.3. The number of halogens is 1. The van der Waals surface area contributed by atoms with Crippen LogP contribution in [0, 0.1) is 5.82 Å². The van der Waals surface area contributed by atoms with E-state index in [1.165, 1.54) is 6.07 Å². The Balaban J connectivity index is 2.67. The van der Waals surface area contributed by atoms with Gasteiger partial charge in [-0.1, -0.05) is 0 Å². The molecule has 20 heavy (non-hydrogen) atoms. The van der Waals surface area contributed by atoms with Crippen LogP contribution < -0.4 is 15.8 Å². The first-order chi connectivity index (χ1) is 9.22. The first-order valence-electron chi connectivity index (χ1n) is 6.06. The average molecular weight is 303 g/mol. The summed E-state index contributed by atoms with van der Waals surface area (Å²) in [4.78, 5) is 10.8. The van der Waals surface area contributed by atoms with Crippen LogP contribution in [0.4, 0.5) is 10.1 Å². The lowest BCUT2D eigenvalue weighted by atomic mass is 10.3. The van der Waals surface area contributed by atoms with Crippen LogP contribution in [-0.4, -0.2) is 26.9 Å². The summed E-state index contributed by atoms with van der Waals surface area (Å²) >= 11 is 0. The van der Waals surface area contributed by atoms with Gasteiger partial charge in [-0.3, -0.25) is 4.79 Å². The monoisotopic (exact) mass is 303 g/mol. The van der Waals surface area contributed by atoms with Crippen LogP contribution in [-0.2, 0) is 14.8 Å². The van der Waals surface area contributed by atoms with Gasteiger partial charge in [0.25, 0.3) is 0 Å². The zero-order valence-corrected chi connectivity index (χ0v) is 12.1. The number of hydrogen-bond acceptors (Lipinski definition) is 4. The lowest BCUT2D eigenvalue weighted by Crippen LogP contribution is -2.34. The van der Waals surface area contributed by atoms with Gasteiger partial charge in [0.15, 0.2) is 0 Å². The van der Waals surface area contributed by atoms with Crippen LogP contribution in [0.25, 0.3) is 0 Å². The number of nitrogens with two attached hydrogens (primary N) is 1. The van der Waals surface area contributed by atoms with Gasteiger partial charge >= 0.3 is 0 Å². The molecule has 0 fully saturated rings. The van der Waals surface area contributed by atoms with Crippen molar-refractivity contribution in [3.63, 3.8) is 0 Å². The Kier molecular flexibility index (Phi) is 5.46. The van der Waals surface area contributed by atoms with Crippen LogP contribution in [0.5, 0.6) is 0 Å². The molecule has 8 heteroatoms. The van der Waals surface area contributed by atoms with E-state index in [9.17, 15) is 17.6 Å². The molecule has 0 bridgehead atoms. The van der Waals surface area contributed by atoms with Gasteiger partial charge in [0.2, 0.25) is 15.9 Å². The molecule has 4 N–H and O–H groups in total. The van der Waals surface area contributed by atoms with E-state index < -0.39 is 20.7 Å². The van der Waals surface area contributed by atoms with Crippen molar-refractivity contribution in [2.24, 2.45) is 0 Å². The molecule has 0 aliphatic rings. The van der Waals surface area contributed by atoms with Gasteiger partial charge in [0, 0.05) is 24.7 Å². The van der Waals surface area contributed by atoms with Gasteiger partial charge < -0.3 is 11.1 Å². The molecule has 0 saturated carbocycles. The predicted molar refractivity (Wildman–Crippen MR) is 73.9 cm³/mol. The second kappa shape index (κ2) is 6.67. The van der Waals surface area contributed by atoms with E-state index in [1.54, 1.807) is 13.8 Å². The highest BCUT2D eigenvalue weighted by molar-refractivity contribution is 7.89. The summed E-state index contributed by atoms with van der Waals surface area (Å²) in [6.07, 6.45) is -0.0264. The molecule has 0 spiro atoms. The molecule has 1 aromatic carbocycles. The number of nitrogen functional groups attached to an aromatic ring is 1. The number of amides is 1. The fourth-order valence-corrected chi connectivity index (χ4v) is 2.64. The Bertz CT molecular complexity index is 588. The average Bonchev–Trinajstić information content (AvgIpc) is 2.30. The predicted octanol–water partition coefficient (Wildman–Crippen LogP) is 0.601. The maximum atomic E-state index is 13.5. The molecule has 112 valence electrons. The number of sulfonamides is 1. The molecular weight excluding hydrogens is 285 g/mol. The van der Waals surface area contributed by atoms with Crippen molar-refractivity contribution in [2.75, 3.05) is 12.3 Å². The third-order valence-corrected chi connectivity index (χ3v) is 3.81. The van der Waals surface area contributed by atoms with Crippen molar-refractivity contribution >= 4 is 21.6 Å². The summed E-state index contributed by atoms with van der Waals surface area (Å²) in [5.74, 6) is -1.17. The molecule has 6 nitrogen and oxygen atoms in total. The van der Waals surface area contributed by atoms with Gasteiger partial charge in [0.1, 0.15) is 10.7 Å². The number of nitrogens with one attached hydrogen (secondary N) is 2. The molecule has 0 heterocycles. The molecule has 0 aliphatic carbocycles. The topological polar surface area (TPSA) is 101 Å². The maximum Gasteiger partial charge on any atom is 0.243 e.